The van der Waals surface area contributed by atoms with Crippen molar-refractivity contribution in [2.24, 2.45) is 0 Å². The molecule has 0 aliphatic rings. The molecule has 0 saturated carbocycles. The molecule has 0 atom stereocenters. The Morgan fingerprint density at radius 1 is 1.36 bits per heavy atom. The molecule has 0 spiro atoms. The number of ether oxygens (including phenoxy) is 1. The van der Waals surface area contributed by atoms with Crippen molar-refractivity contribution in [2.45, 2.75) is 19.6 Å². The fourth-order valence-electron chi connectivity index (χ4n) is 1.95. The van der Waals surface area contributed by atoms with Gasteiger partial charge in [0.25, 0.3) is 0 Å². The minimum absolute atomic E-state index is 0.128. The number of rotatable bonds is 5. The van der Waals surface area contributed by atoms with Crippen LogP contribution in [0.2, 0.25) is 0 Å². The second-order valence-electron chi connectivity index (χ2n) is 4.81. The zero-order chi connectivity index (χ0) is 18.0. The number of hydrogen-bond donors (Lipinski definition) is 0. The average molecular weight is 372 g/mol. The smallest absolute Gasteiger partial charge is 0.461 e. The van der Waals surface area contributed by atoms with E-state index in [0.29, 0.717) is 11.4 Å². The van der Waals surface area contributed by atoms with Crippen molar-refractivity contribution >= 4 is 17.3 Å². The number of alkyl halides is 3. The normalized spacial score (nSPS) is 11.7. The molecule has 0 radical (unpaired) electrons. The van der Waals surface area contributed by atoms with E-state index in [0.717, 1.165) is 4.88 Å². The molecule has 0 amide bonds. The Hall–Kier alpha value is -2.69. The summed E-state index contributed by atoms with van der Waals surface area (Å²) in [6.07, 6.45) is -3.06. The van der Waals surface area contributed by atoms with Crippen LogP contribution < -0.4 is 0 Å². The van der Waals surface area contributed by atoms with Crippen LogP contribution in [0.25, 0.3) is 10.7 Å². The summed E-state index contributed by atoms with van der Waals surface area (Å²) in [5, 5.41) is 7.43. The van der Waals surface area contributed by atoms with E-state index in [1.807, 2.05) is 0 Å². The predicted octanol–water partition coefficient (Wildman–Crippen LogP) is 3.24. The average Bonchev–Trinajstić information content (AvgIpc) is 3.27. The summed E-state index contributed by atoms with van der Waals surface area (Å²) in [5.74, 6) is -2.03. The molecule has 0 aliphatic carbocycles. The summed E-state index contributed by atoms with van der Waals surface area (Å²) < 4.78 is 48.1. The highest BCUT2D eigenvalue weighted by atomic mass is 32.1. The van der Waals surface area contributed by atoms with Crippen molar-refractivity contribution in [1.82, 2.24) is 19.9 Å². The summed E-state index contributed by atoms with van der Waals surface area (Å²) in [6.45, 7) is 2.29. The predicted molar refractivity (Wildman–Crippen MR) is 79.9 cm³/mol. The number of hydrogen-bond acceptors (Lipinski definition) is 7. The first kappa shape index (κ1) is 17.1. The minimum atomic E-state index is -4.68. The highest BCUT2D eigenvalue weighted by Gasteiger charge is 2.38. The zero-order valence-corrected chi connectivity index (χ0v) is 13.6. The third kappa shape index (κ3) is 3.87. The van der Waals surface area contributed by atoms with Gasteiger partial charge in [0.05, 0.1) is 18.0 Å². The molecule has 3 heterocycles. The summed E-state index contributed by atoms with van der Waals surface area (Å²) in [5.41, 5.74) is 0.187. The van der Waals surface area contributed by atoms with Crippen LogP contribution in [0.15, 0.2) is 28.9 Å². The fraction of sp³-hybridized carbons (Fsp3) is 0.286. The molecule has 0 N–H and O–H groups in total. The largest absolute Gasteiger partial charge is 0.471 e. The fourth-order valence-corrected chi connectivity index (χ4v) is 2.87. The molecule has 132 valence electrons. The molecule has 0 bridgehead atoms. The van der Waals surface area contributed by atoms with Gasteiger partial charge in [-0.2, -0.15) is 23.3 Å². The number of carbonyl (C=O) groups excluding carboxylic acids is 1. The Kier molecular flexibility index (Phi) is 4.57. The highest BCUT2D eigenvalue weighted by molar-refractivity contribution is 7.15. The molecule has 3 aromatic heterocycles. The lowest BCUT2D eigenvalue weighted by Gasteiger charge is -1.99. The first-order valence-electron chi connectivity index (χ1n) is 7.07. The molecule has 0 aromatic carbocycles. The van der Waals surface area contributed by atoms with Gasteiger partial charge in [-0.25, -0.2) is 4.79 Å². The molecule has 25 heavy (non-hydrogen) atoms. The van der Waals surface area contributed by atoms with E-state index >= 15 is 0 Å². The van der Waals surface area contributed by atoms with Crippen molar-refractivity contribution in [3.8, 4) is 10.7 Å². The Morgan fingerprint density at radius 3 is 2.84 bits per heavy atom. The van der Waals surface area contributed by atoms with Crippen LogP contribution in [0.4, 0.5) is 13.2 Å². The number of halogens is 3. The maximum Gasteiger partial charge on any atom is 0.471 e. The lowest BCUT2D eigenvalue weighted by atomic mass is 10.4. The second-order valence-corrected chi connectivity index (χ2v) is 5.97. The van der Waals surface area contributed by atoms with Crippen LogP contribution in [-0.2, 0) is 17.5 Å². The van der Waals surface area contributed by atoms with E-state index in [9.17, 15) is 18.0 Å². The van der Waals surface area contributed by atoms with Crippen molar-refractivity contribution in [3.63, 3.8) is 0 Å². The Labute approximate surface area is 143 Å². The van der Waals surface area contributed by atoms with E-state index in [1.54, 1.807) is 25.3 Å². The van der Waals surface area contributed by atoms with Crippen LogP contribution >= 0.6 is 11.3 Å². The lowest BCUT2D eigenvalue weighted by Crippen LogP contribution is -2.07. The third-order valence-electron chi connectivity index (χ3n) is 2.99. The number of aromatic nitrogens is 4. The van der Waals surface area contributed by atoms with Gasteiger partial charge in [0.2, 0.25) is 5.82 Å². The van der Waals surface area contributed by atoms with Gasteiger partial charge in [0.15, 0.2) is 5.69 Å². The quantitative estimate of drug-likeness (QED) is 0.640. The minimum Gasteiger partial charge on any atom is -0.461 e. The van der Waals surface area contributed by atoms with Gasteiger partial charge < -0.3 is 9.26 Å². The maximum atomic E-state index is 12.5. The van der Waals surface area contributed by atoms with Crippen molar-refractivity contribution in [1.29, 1.82) is 0 Å². The van der Waals surface area contributed by atoms with Gasteiger partial charge in [-0.05, 0) is 25.1 Å². The van der Waals surface area contributed by atoms with Crippen LogP contribution in [0.5, 0.6) is 0 Å². The zero-order valence-electron chi connectivity index (χ0n) is 12.8. The van der Waals surface area contributed by atoms with Gasteiger partial charge in [-0.15, -0.1) is 11.3 Å². The first-order chi connectivity index (χ1) is 11.9. The molecule has 3 aromatic rings. The number of esters is 1. The van der Waals surface area contributed by atoms with Gasteiger partial charge in [-0.3, -0.25) is 4.68 Å². The van der Waals surface area contributed by atoms with Gasteiger partial charge in [-0.1, -0.05) is 5.16 Å². The Balaban J connectivity index is 1.72. The molecule has 0 saturated heterocycles. The molecular weight excluding hydrogens is 361 g/mol. The van der Waals surface area contributed by atoms with E-state index in [1.165, 1.54) is 22.1 Å². The first-order valence-corrected chi connectivity index (χ1v) is 7.89. The monoisotopic (exact) mass is 372 g/mol. The van der Waals surface area contributed by atoms with E-state index in [2.05, 4.69) is 19.8 Å². The molecule has 3 rings (SSSR count). The van der Waals surface area contributed by atoms with Crippen molar-refractivity contribution in [3.05, 3.63) is 40.9 Å². The third-order valence-corrected chi connectivity index (χ3v) is 4.06. The standard InChI is InChI=1S/C14H11F3N4O3S/c1-2-23-12(22)9-5-6-21(19-9)7-8-3-4-10(25-8)11-18-13(24-20-11)14(15,16)17/h3-6H,2,7H2,1H3. The summed E-state index contributed by atoms with van der Waals surface area (Å²) in [4.78, 5) is 16.1. The highest BCUT2D eigenvalue weighted by Crippen LogP contribution is 2.31. The van der Waals surface area contributed by atoms with E-state index < -0.39 is 18.0 Å². The van der Waals surface area contributed by atoms with Gasteiger partial charge >= 0.3 is 18.0 Å². The SMILES string of the molecule is CCOC(=O)c1ccn(Cc2ccc(-c3noc(C(F)(F)F)n3)s2)n1. The van der Waals surface area contributed by atoms with E-state index in [4.69, 9.17) is 4.74 Å². The topological polar surface area (TPSA) is 83.0 Å². The summed E-state index contributed by atoms with van der Waals surface area (Å²) >= 11 is 1.20. The molecule has 0 aliphatic heterocycles. The molecule has 7 nitrogen and oxygen atoms in total. The van der Waals surface area contributed by atoms with Crippen LogP contribution in [-0.4, -0.2) is 32.5 Å². The van der Waals surface area contributed by atoms with Gasteiger partial charge in [0.1, 0.15) is 0 Å². The van der Waals surface area contributed by atoms with Crippen molar-refractivity contribution in [2.75, 3.05) is 6.61 Å². The second kappa shape index (κ2) is 6.67. The summed E-state index contributed by atoms with van der Waals surface area (Å²) in [7, 11) is 0. The van der Waals surface area contributed by atoms with Crippen LogP contribution in [0, 0.1) is 0 Å². The molecule has 0 unspecified atom stereocenters. The number of thiophene rings is 1. The van der Waals surface area contributed by atoms with E-state index in [-0.39, 0.29) is 18.1 Å². The number of carbonyl (C=O) groups is 1. The Bertz CT molecular complexity index is 884. The molecular formula is C14H11F3N4O3S. The Morgan fingerprint density at radius 2 is 2.16 bits per heavy atom. The lowest BCUT2D eigenvalue weighted by molar-refractivity contribution is -0.159. The van der Waals surface area contributed by atoms with Crippen molar-refractivity contribution < 1.29 is 27.2 Å². The van der Waals surface area contributed by atoms with Crippen LogP contribution in [0.3, 0.4) is 0 Å². The molecule has 0 fully saturated rings. The van der Waals surface area contributed by atoms with Gasteiger partial charge in [0, 0.05) is 11.1 Å². The van der Waals surface area contributed by atoms with Crippen LogP contribution in [0.1, 0.15) is 28.2 Å². The molecule has 11 heteroatoms. The number of nitrogens with zero attached hydrogens (tertiary/aromatic N) is 4. The summed E-state index contributed by atoms with van der Waals surface area (Å²) in [6, 6.07) is 4.84. The maximum absolute atomic E-state index is 12.5.